The zero-order chi connectivity index (χ0) is 10.1. The zero-order valence-electron chi connectivity index (χ0n) is 7.56. The van der Waals surface area contributed by atoms with E-state index in [4.69, 9.17) is 0 Å². The molecule has 0 radical (unpaired) electrons. The molecule has 0 saturated carbocycles. The van der Waals surface area contributed by atoms with Crippen molar-refractivity contribution < 1.29 is 13.5 Å². The third-order valence-electron chi connectivity index (χ3n) is 1.77. The molecule has 0 heterocycles. The molecule has 0 amide bonds. The average molecular weight is 200 g/mol. The van der Waals surface area contributed by atoms with Gasteiger partial charge in [0, 0.05) is 6.26 Å². The maximum Gasteiger partial charge on any atom is 0.175 e. The van der Waals surface area contributed by atoms with Crippen LogP contribution in [0.2, 0.25) is 0 Å². The highest BCUT2D eigenvalue weighted by atomic mass is 32.2. The van der Waals surface area contributed by atoms with E-state index in [9.17, 15) is 13.5 Å². The minimum absolute atomic E-state index is 0.199. The minimum Gasteiger partial charge on any atom is -0.389 e. The van der Waals surface area contributed by atoms with Crippen LogP contribution in [0.4, 0.5) is 0 Å². The standard InChI is InChI=1S/C9H12O3S/c1-7(10)8-5-3-4-6-9(8)13(2,11)12/h3-7,10H,1-2H3/t7-/m0/s1. The highest BCUT2D eigenvalue weighted by molar-refractivity contribution is 7.90. The van der Waals surface area contributed by atoms with Gasteiger partial charge >= 0.3 is 0 Å². The van der Waals surface area contributed by atoms with Crippen LogP contribution in [0.1, 0.15) is 18.6 Å². The SMILES string of the molecule is C[C@H](O)c1ccccc1S(C)(=O)=O. The highest BCUT2D eigenvalue weighted by Crippen LogP contribution is 2.21. The van der Waals surface area contributed by atoms with Crippen LogP contribution in [0.3, 0.4) is 0 Å². The molecule has 0 aromatic heterocycles. The van der Waals surface area contributed by atoms with Gasteiger partial charge in [-0.25, -0.2) is 8.42 Å². The lowest BCUT2D eigenvalue weighted by Gasteiger charge is -2.09. The van der Waals surface area contributed by atoms with Gasteiger partial charge in [-0.3, -0.25) is 0 Å². The van der Waals surface area contributed by atoms with Crippen LogP contribution >= 0.6 is 0 Å². The van der Waals surface area contributed by atoms with Crippen LogP contribution in [-0.4, -0.2) is 19.8 Å². The Morgan fingerprint density at radius 1 is 1.31 bits per heavy atom. The van der Waals surface area contributed by atoms with Crippen LogP contribution in [-0.2, 0) is 9.84 Å². The maximum atomic E-state index is 11.2. The summed E-state index contributed by atoms with van der Waals surface area (Å²) in [4.78, 5) is 0.199. The minimum atomic E-state index is -3.24. The summed E-state index contributed by atoms with van der Waals surface area (Å²) in [6.07, 6.45) is 0.375. The Kier molecular flexibility index (Phi) is 2.73. The molecule has 0 saturated heterocycles. The predicted molar refractivity (Wildman–Crippen MR) is 50.2 cm³/mol. The molecular weight excluding hydrogens is 188 g/mol. The third kappa shape index (κ3) is 2.29. The lowest BCUT2D eigenvalue weighted by molar-refractivity contribution is 0.196. The molecule has 0 bridgehead atoms. The summed E-state index contributed by atoms with van der Waals surface area (Å²) in [6.45, 7) is 1.55. The van der Waals surface area contributed by atoms with E-state index in [1.54, 1.807) is 25.1 Å². The molecule has 0 aliphatic heterocycles. The Balaban J connectivity index is 3.37. The monoisotopic (exact) mass is 200 g/mol. The second kappa shape index (κ2) is 3.47. The first kappa shape index (κ1) is 10.2. The van der Waals surface area contributed by atoms with Gasteiger partial charge in [0.2, 0.25) is 0 Å². The zero-order valence-corrected chi connectivity index (χ0v) is 8.38. The van der Waals surface area contributed by atoms with Gasteiger partial charge in [-0.15, -0.1) is 0 Å². The quantitative estimate of drug-likeness (QED) is 0.779. The summed E-state index contributed by atoms with van der Waals surface area (Å²) in [6, 6.07) is 6.46. The Bertz CT molecular complexity index is 393. The fourth-order valence-corrected chi connectivity index (χ4v) is 2.16. The van der Waals surface area contributed by atoms with Gasteiger partial charge in [-0.05, 0) is 18.6 Å². The Morgan fingerprint density at radius 2 is 1.85 bits per heavy atom. The van der Waals surface area contributed by atoms with E-state index >= 15 is 0 Å². The molecule has 0 spiro atoms. The van der Waals surface area contributed by atoms with Crippen molar-refractivity contribution in [2.45, 2.75) is 17.9 Å². The smallest absolute Gasteiger partial charge is 0.175 e. The number of hydrogen-bond donors (Lipinski definition) is 1. The summed E-state index contributed by atoms with van der Waals surface area (Å²) < 4.78 is 22.5. The number of rotatable bonds is 2. The van der Waals surface area contributed by atoms with Gasteiger partial charge in [0.15, 0.2) is 9.84 Å². The molecule has 0 unspecified atom stereocenters. The maximum absolute atomic E-state index is 11.2. The van der Waals surface area contributed by atoms with Crippen molar-refractivity contribution >= 4 is 9.84 Å². The van der Waals surface area contributed by atoms with E-state index in [0.29, 0.717) is 5.56 Å². The van der Waals surface area contributed by atoms with Crippen LogP contribution in [0.5, 0.6) is 0 Å². The highest BCUT2D eigenvalue weighted by Gasteiger charge is 2.14. The molecule has 0 aliphatic carbocycles. The molecule has 72 valence electrons. The van der Waals surface area contributed by atoms with E-state index in [1.807, 2.05) is 0 Å². The first-order valence-electron chi connectivity index (χ1n) is 3.90. The van der Waals surface area contributed by atoms with Crippen molar-refractivity contribution in [2.75, 3.05) is 6.26 Å². The first-order chi connectivity index (χ1) is 5.93. The molecule has 0 aliphatic rings. The molecule has 1 N–H and O–H groups in total. The number of sulfone groups is 1. The van der Waals surface area contributed by atoms with E-state index in [2.05, 4.69) is 0 Å². The van der Waals surface area contributed by atoms with Gasteiger partial charge in [-0.2, -0.15) is 0 Å². The van der Waals surface area contributed by atoms with Gasteiger partial charge in [-0.1, -0.05) is 18.2 Å². The number of benzene rings is 1. The third-order valence-corrected chi connectivity index (χ3v) is 2.94. The molecule has 1 aromatic rings. The van der Waals surface area contributed by atoms with Crippen molar-refractivity contribution in [3.05, 3.63) is 29.8 Å². The first-order valence-corrected chi connectivity index (χ1v) is 5.79. The summed E-state index contributed by atoms with van der Waals surface area (Å²) in [7, 11) is -3.24. The van der Waals surface area contributed by atoms with Crippen LogP contribution in [0.25, 0.3) is 0 Å². The lowest BCUT2D eigenvalue weighted by Crippen LogP contribution is -2.04. The summed E-state index contributed by atoms with van der Waals surface area (Å²) in [5.74, 6) is 0. The van der Waals surface area contributed by atoms with Gasteiger partial charge in [0.25, 0.3) is 0 Å². The van der Waals surface area contributed by atoms with Crippen molar-refractivity contribution in [3.63, 3.8) is 0 Å². The van der Waals surface area contributed by atoms with E-state index < -0.39 is 15.9 Å². The van der Waals surface area contributed by atoms with Crippen molar-refractivity contribution in [3.8, 4) is 0 Å². The second-order valence-electron chi connectivity index (χ2n) is 2.99. The number of aliphatic hydroxyl groups excluding tert-OH is 1. The Morgan fingerprint density at radius 3 is 2.23 bits per heavy atom. The normalized spacial score (nSPS) is 14.1. The Hall–Kier alpha value is -0.870. The molecule has 13 heavy (non-hydrogen) atoms. The van der Waals surface area contributed by atoms with Crippen LogP contribution < -0.4 is 0 Å². The van der Waals surface area contributed by atoms with E-state index in [-0.39, 0.29) is 4.90 Å². The molecule has 1 atom stereocenters. The van der Waals surface area contributed by atoms with Crippen LogP contribution in [0, 0.1) is 0 Å². The number of hydrogen-bond acceptors (Lipinski definition) is 3. The largest absolute Gasteiger partial charge is 0.389 e. The summed E-state index contributed by atoms with van der Waals surface area (Å²) >= 11 is 0. The summed E-state index contributed by atoms with van der Waals surface area (Å²) in [5, 5.41) is 9.30. The van der Waals surface area contributed by atoms with Crippen molar-refractivity contribution in [1.29, 1.82) is 0 Å². The number of aliphatic hydroxyl groups is 1. The molecule has 4 heteroatoms. The molecular formula is C9H12O3S. The molecule has 0 fully saturated rings. The topological polar surface area (TPSA) is 54.4 Å². The van der Waals surface area contributed by atoms with Gasteiger partial charge in [0.1, 0.15) is 0 Å². The van der Waals surface area contributed by atoms with Crippen molar-refractivity contribution in [2.24, 2.45) is 0 Å². The van der Waals surface area contributed by atoms with Crippen LogP contribution in [0.15, 0.2) is 29.2 Å². The van der Waals surface area contributed by atoms with Gasteiger partial charge in [0.05, 0.1) is 11.0 Å². The van der Waals surface area contributed by atoms with Crippen molar-refractivity contribution in [1.82, 2.24) is 0 Å². The van der Waals surface area contributed by atoms with E-state index in [0.717, 1.165) is 6.26 Å². The molecule has 1 rings (SSSR count). The second-order valence-corrected chi connectivity index (χ2v) is 4.97. The van der Waals surface area contributed by atoms with E-state index in [1.165, 1.54) is 6.07 Å². The molecule has 3 nitrogen and oxygen atoms in total. The predicted octanol–water partition coefficient (Wildman–Crippen LogP) is 1.14. The average Bonchev–Trinajstić information content (AvgIpc) is 2.03. The Labute approximate surface area is 77.9 Å². The summed E-state index contributed by atoms with van der Waals surface area (Å²) in [5.41, 5.74) is 0.449. The lowest BCUT2D eigenvalue weighted by atomic mass is 10.1. The fraction of sp³-hybridized carbons (Fsp3) is 0.333. The molecule has 1 aromatic carbocycles. The van der Waals surface area contributed by atoms with Gasteiger partial charge < -0.3 is 5.11 Å². The fourth-order valence-electron chi connectivity index (χ4n) is 1.16.